The van der Waals surface area contributed by atoms with Gasteiger partial charge in [0.05, 0.1) is 11.9 Å². The van der Waals surface area contributed by atoms with Crippen LogP contribution in [0.2, 0.25) is 5.02 Å². The first-order chi connectivity index (χ1) is 13.0. The largest absolute Gasteiger partial charge is 0.431 e. The van der Waals surface area contributed by atoms with Gasteiger partial charge in [-0.05, 0) is 44.9 Å². The molecule has 27 heavy (non-hydrogen) atoms. The number of aryl methyl sites for hydroxylation is 1. The summed E-state index contributed by atoms with van der Waals surface area (Å²) in [5, 5.41) is 1.08. The summed E-state index contributed by atoms with van der Waals surface area (Å²) in [5.74, 6) is 0.358. The zero-order chi connectivity index (χ0) is 19.0. The SMILES string of the molecule is Cc1cc(C(=O)CSc2nc3ccc(Cl)cc3o2)c(C)n1CC1CCCO1. The molecule has 1 unspecified atom stereocenters. The van der Waals surface area contributed by atoms with Gasteiger partial charge in [0.2, 0.25) is 0 Å². The molecule has 0 saturated carbocycles. The highest BCUT2D eigenvalue weighted by Gasteiger charge is 2.21. The molecule has 1 fully saturated rings. The number of fused-ring (bicyclic) bond motifs is 1. The van der Waals surface area contributed by atoms with Crippen molar-refractivity contribution in [2.45, 2.75) is 44.6 Å². The molecule has 1 aliphatic heterocycles. The summed E-state index contributed by atoms with van der Waals surface area (Å²) in [6, 6.07) is 7.29. The van der Waals surface area contributed by atoms with Crippen LogP contribution >= 0.6 is 23.4 Å². The summed E-state index contributed by atoms with van der Waals surface area (Å²) in [6.07, 6.45) is 2.44. The van der Waals surface area contributed by atoms with Crippen molar-refractivity contribution < 1.29 is 13.9 Å². The Morgan fingerprint density at radius 1 is 1.37 bits per heavy atom. The van der Waals surface area contributed by atoms with Crippen LogP contribution in [-0.4, -0.2) is 33.8 Å². The second-order valence-corrected chi connectivity index (χ2v) is 8.20. The van der Waals surface area contributed by atoms with Gasteiger partial charge in [0.25, 0.3) is 5.22 Å². The van der Waals surface area contributed by atoms with E-state index in [9.17, 15) is 4.79 Å². The Bertz CT molecular complexity index is 989. The lowest BCUT2D eigenvalue weighted by Crippen LogP contribution is -2.17. The summed E-state index contributed by atoms with van der Waals surface area (Å²) in [7, 11) is 0. The molecule has 0 radical (unpaired) electrons. The number of ether oxygens (including phenoxy) is 1. The summed E-state index contributed by atoms with van der Waals surface area (Å²) in [4.78, 5) is 17.2. The molecule has 1 saturated heterocycles. The van der Waals surface area contributed by atoms with Crippen molar-refractivity contribution in [2.24, 2.45) is 0 Å². The normalized spacial score (nSPS) is 17.1. The van der Waals surface area contributed by atoms with Crippen LogP contribution in [0.15, 0.2) is 33.9 Å². The third kappa shape index (κ3) is 3.93. The van der Waals surface area contributed by atoms with Gasteiger partial charge < -0.3 is 13.7 Å². The van der Waals surface area contributed by atoms with Crippen molar-refractivity contribution in [3.05, 3.63) is 46.2 Å². The highest BCUT2D eigenvalue weighted by atomic mass is 35.5. The Morgan fingerprint density at radius 3 is 3.00 bits per heavy atom. The minimum Gasteiger partial charge on any atom is -0.431 e. The van der Waals surface area contributed by atoms with E-state index in [1.807, 2.05) is 26.0 Å². The van der Waals surface area contributed by atoms with Gasteiger partial charge in [0.15, 0.2) is 11.4 Å². The molecule has 0 bridgehead atoms. The van der Waals surface area contributed by atoms with Crippen molar-refractivity contribution in [2.75, 3.05) is 12.4 Å². The number of hydrogen-bond acceptors (Lipinski definition) is 5. The molecule has 3 heterocycles. The van der Waals surface area contributed by atoms with Gasteiger partial charge in [-0.2, -0.15) is 0 Å². The van der Waals surface area contributed by atoms with Crippen molar-refractivity contribution in [1.29, 1.82) is 0 Å². The number of Topliss-reactive ketones (excluding diaryl/α,β-unsaturated/α-hetero) is 1. The second-order valence-electron chi connectivity index (χ2n) is 6.83. The van der Waals surface area contributed by atoms with Gasteiger partial charge in [-0.15, -0.1) is 0 Å². The highest BCUT2D eigenvalue weighted by Crippen LogP contribution is 2.27. The fourth-order valence-corrected chi connectivity index (χ4v) is 4.38. The van der Waals surface area contributed by atoms with E-state index in [-0.39, 0.29) is 17.6 Å². The minimum atomic E-state index is 0.0759. The number of aromatic nitrogens is 2. The molecule has 1 aliphatic rings. The molecule has 2 aromatic heterocycles. The molecule has 7 heteroatoms. The number of oxazole rings is 1. The van der Waals surface area contributed by atoms with Crippen LogP contribution in [0.4, 0.5) is 0 Å². The number of rotatable bonds is 6. The van der Waals surface area contributed by atoms with Crippen LogP contribution < -0.4 is 0 Å². The number of carbonyl (C=O) groups is 1. The third-order valence-electron chi connectivity index (χ3n) is 4.94. The van der Waals surface area contributed by atoms with Crippen LogP contribution in [0, 0.1) is 13.8 Å². The monoisotopic (exact) mass is 404 g/mol. The number of halogens is 1. The Kier molecular flexibility index (Phi) is 5.30. The molecule has 3 aromatic rings. The van der Waals surface area contributed by atoms with E-state index in [0.29, 0.717) is 15.8 Å². The summed E-state index contributed by atoms with van der Waals surface area (Å²) in [6.45, 7) is 5.68. The van der Waals surface area contributed by atoms with Crippen molar-refractivity contribution >= 4 is 40.2 Å². The summed E-state index contributed by atoms with van der Waals surface area (Å²) < 4.78 is 13.6. The molecule has 1 aromatic carbocycles. The number of benzene rings is 1. The maximum absolute atomic E-state index is 12.8. The van der Waals surface area contributed by atoms with Gasteiger partial charge >= 0.3 is 0 Å². The second kappa shape index (κ2) is 7.70. The van der Waals surface area contributed by atoms with E-state index in [4.69, 9.17) is 20.8 Å². The Balaban J connectivity index is 1.45. The molecule has 0 amide bonds. The zero-order valence-corrected chi connectivity index (χ0v) is 16.9. The number of thioether (sulfide) groups is 1. The number of ketones is 1. The van der Waals surface area contributed by atoms with Gasteiger partial charge in [0.1, 0.15) is 5.52 Å². The molecule has 0 N–H and O–H groups in total. The first-order valence-corrected chi connectivity index (χ1v) is 10.4. The average molecular weight is 405 g/mol. The lowest BCUT2D eigenvalue weighted by molar-refractivity contribution is 0.0957. The van der Waals surface area contributed by atoms with Crippen LogP contribution in [0.5, 0.6) is 0 Å². The molecule has 4 rings (SSSR count). The van der Waals surface area contributed by atoms with Crippen molar-refractivity contribution in [3.63, 3.8) is 0 Å². The molecule has 1 atom stereocenters. The topological polar surface area (TPSA) is 57.3 Å². The standard InChI is InChI=1S/C20H21ClN2O3S/c1-12-8-16(13(2)23(12)10-15-4-3-7-25-15)18(24)11-27-20-22-17-6-5-14(21)9-19(17)26-20/h5-6,8-9,15H,3-4,7,10-11H2,1-2H3. The van der Waals surface area contributed by atoms with Gasteiger partial charge in [-0.3, -0.25) is 4.79 Å². The summed E-state index contributed by atoms with van der Waals surface area (Å²) >= 11 is 7.28. The number of hydrogen-bond donors (Lipinski definition) is 0. The van der Waals surface area contributed by atoms with E-state index in [1.165, 1.54) is 11.8 Å². The first-order valence-electron chi connectivity index (χ1n) is 9.01. The molecule has 0 aliphatic carbocycles. The predicted molar refractivity (Wildman–Crippen MR) is 107 cm³/mol. The molecule has 5 nitrogen and oxygen atoms in total. The van der Waals surface area contributed by atoms with Crippen molar-refractivity contribution in [3.8, 4) is 0 Å². The van der Waals surface area contributed by atoms with Gasteiger partial charge in [-0.25, -0.2) is 4.98 Å². The third-order valence-corrected chi connectivity index (χ3v) is 6.01. The highest BCUT2D eigenvalue weighted by molar-refractivity contribution is 7.99. The van der Waals surface area contributed by atoms with E-state index in [2.05, 4.69) is 9.55 Å². The smallest absolute Gasteiger partial charge is 0.257 e. The predicted octanol–water partition coefficient (Wildman–Crippen LogP) is 5.05. The number of nitrogens with zero attached hydrogens (tertiary/aromatic N) is 2. The molecular weight excluding hydrogens is 384 g/mol. The maximum atomic E-state index is 12.8. The average Bonchev–Trinajstić information content (AvgIpc) is 3.35. The Labute approximate surface area is 167 Å². The fourth-order valence-electron chi connectivity index (χ4n) is 3.50. The lowest BCUT2D eigenvalue weighted by Gasteiger charge is -2.14. The molecule has 0 spiro atoms. The van der Waals surface area contributed by atoms with Crippen LogP contribution in [0.3, 0.4) is 0 Å². The summed E-state index contributed by atoms with van der Waals surface area (Å²) in [5.41, 5.74) is 4.22. The van der Waals surface area contributed by atoms with Gasteiger partial charge in [0, 0.05) is 41.2 Å². The fraction of sp³-hybridized carbons (Fsp3) is 0.400. The number of carbonyl (C=O) groups excluding carboxylic acids is 1. The van der Waals surface area contributed by atoms with Gasteiger partial charge in [-0.1, -0.05) is 23.4 Å². The van der Waals surface area contributed by atoms with Crippen LogP contribution in [-0.2, 0) is 11.3 Å². The van der Waals surface area contributed by atoms with E-state index >= 15 is 0 Å². The van der Waals surface area contributed by atoms with Crippen LogP contribution in [0.25, 0.3) is 11.1 Å². The Hall–Kier alpha value is -1.76. The van der Waals surface area contributed by atoms with E-state index in [1.54, 1.807) is 12.1 Å². The Morgan fingerprint density at radius 2 is 2.22 bits per heavy atom. The first kappa shape index (κ1) is 18.6. The van der Waals surface area contributed by atoms with Crippen molar-refractivity contribution in [1.82, 2.24) is 9.55 Å². The zero-order valence-electron chi connectivity index (χ0n) is 15.3. The van der Waals surface area contributed by atoms with E-state index < -0.39 is 0 Å². The maximum Gasteiger partial charge on any atom is 0.257 e. The lowest BCUT2D eigenvalue weighted by atomic mass is 10.2. The van der Waals surface area contributed by atoms with E-state index in [0.717, 1.165) is 48.5 Å². The minimum absolute atomic E-state index is 0.0759. The molecule has 142 valence electrons. The quantitative estimate of drug-likeness (QED) is 0.425. The molecular formula is C20H21ClN2O3S. The van der Waals surface area contributed by atoms with Crippen LogP contribution in [0.1, 0.15) is 34.6 Å².